The highest BCUT2D eigenvalue weighted by molar-refractivity contribution is 9.10. The first-order valence-corrected chi connectivity index (χ1v) is 7.18. The maximum absolute atomic E-state index is 5.92. The lowest BCUT2D eigenvalue weighted by Gasteiger charge is -2.13. The lowest BCUT2D eigenvalue weighted by atomic mass is 10.2. The van der Waals surface area contributed by atoms with Crippen LogP contribution in [0.5, 0.6) is 0 Å². The van der Waals surface area contributed by atoms with Crippen molar-refractivity contribution in [3.05, 3.63) is 57.5 Å². The summed E-state index contributed by atoms with van der Waals surface area (Å²) in [6.07, 6.45) is 0. The molecule has 1 N–H and O–H groups in total. The van der Waals surface area contributed by atoms with E-state index in [0.29, 0.717) is 0 Å². The Balaban J connectivity index is 2.02. The van der Waals surface area contributed by atoms with Crippen LogP contribution in [-0.2, 0) is 6.54 Å². The molecule has 0 atom stereocenters. The van der Waals surface area contributed by atoms with Crippen molar-refractivity contribution in [1.82, 2.24) is 0 Å². The summed E-state index contributed by atoms with van der Waals surface area (Å²) in [7, 11) is 4.08. The predicted octanol–water partition coefficient (Wildman–Crippen LogP) is 4.78. The van der Waals surface area contributed by atoms with Gasteiger partial charge in [-0.25, -0.2) is 0 Å². The molecule has 0 saturated heterocycles. The standard InChI is InChI=1S/C15H16BrClN2/c1-19(2)13-6-3-11(4-7-13)10-18-15-8-5-12(17)9-14(15)16/h3-9,18H,10H2,1-2H3. The normalized spacial score (nSPS) is 10.3. The predicted molar refractivity (Wildman–Crippen MR) is 87.2 cm³/mol. The van der Waals surface area contributed by atoms with Gasteiger partial charge in [-0.1, -0.05) is 23.7 Å². The highest BCUT2D eigenvalue weighted by atomic mass is 79.9. The molecule has 0 saturated carbocycles. The van der Waals surface area contributed by atoms with E-state index in [1.807, 2.05) is 32.3 Å². The SMILES string of the molecule is CN(C)c1ccc(CNc2ccc(Cl)cc2Br)cc1. The highest BCUT2D eigenvalue weighted by Gasteiger charge is 2.01. The third-order valence-corrected chi connectivity index (χ3v) is 3.76. The van der Waals surface area contributed by atoms with Gasteiger partial charge in [0.2, 0.25) is 0 Å². The van der Waals surface area contributed by atoms with E-state index in [2.05, 4.69) is 50.4 Å². The van der Waals surface area contributed by atoms with E-state index in [4.69, 9.17) is 11.6 Å². The zero-order chi connectivity index (χ0) is 13.8. The number of benzene rings is 2. The van der Waals surface area contributed by atoms with Gasteiger partial charge in [0, 0.05) is 41.5 Å². The molecule has 0 radical (unpaired) electrons. The lowest BCUT2D eigenvalue weighted by molar-refractivity contribution is 1.11. The van der Waals surface area contributed by atoms with Gasteiger partial charge in [0.05, 0.1) is 0 Å². The van der Waals surface area contributed by atoms with Gasteiger partial charge in [-0.15, -0.1) is 0 Å². The van der Waals surface area contributed by atoms with Crippen molar-refractivity contribution in [2.24, 2.45) is 0 Å². The molecule has 0 unspecified atom stereocenters. The van der Waals surface area contributed by atoms with Crippen LogP contribution in [-0.4, -0.2) is 14.1 Å². The van der Waals surface area contributed by atoms with Crippen LogP contribution >= 0.6 is 27.5 Å². The van der Waals surface area contributed by atoms with Crippen LogP contribution in [0.25, 0.3) is 0 Å². The molecule has 0 spiro atoms. The van der Waals surface area contributed by atoms with E-state index < -0.39 is 0 Å². The van der Waals surface area contributed by atoms with E-state index in [0.717, 1.165) is 21.7 Å². The maximum Gasteiger partial charge on any atom is 0.0488 e. The van der Waals surface area contributed by atoms with E-state index in [9.17, 15) is 0 Å². The molecule has 0 amide bonds. The van der Waals surface area contributed by atoms with Gasteiger partial charge in [0.1, 0.15) is 0 Å². The van der Waals surface area contributed by atoms with Crippen LogP contribution in [0.3, 0.4) is 0 Å². The summed E-state index contributed by atoms with van der Waals surface area (Å²) in [5.74, 6) is 0. The van der Waals surface area contributed by atoms with Crippen molar-refractivity contribution in [1.29, 1.82) is 0 Å². The second kappa shape index (κ2) is 6.31. The summed E-state index contributed by atoms with van der Waals surface area (Å²) < 4.78 is 0.977. The third-order valence-electron chi connectivity index (χ3n) is 2.87. The van der Waals surface area contributed by atoms with Crippen molar-refractivity contribution >= 4 is 38.9 Å². The van der Waals surface area contributed by atoms with Crippen molar-refractivity contribution in [2.75, 3.05) is 24.3 Å². The van der Waals surface area contributed by atoms with Gasteiger partial charge in [-0.2, -0.15) is 0 Å². The molecule has 0 aromatic heterocycles. The summed E-state index contributed by atoms with van der Waals surface area (Å²) in [5.41, 5.74) is 3.49. The molecule has 2 nitrogen and oxygen atoms in total. The average molecular weight is 340 g/mol. The molecule has 0 fully saturated rings. The summed E-state index contributed by atoms with van der Waals surface area (Å²) in [4.78, 5) is 2.09. The lowest BCUT2D eigenvalue weighted by Crippen LogP contribution is -2.08. The van der Waals surface area contributed by atoms with E-state index in [1.165, 1.54) is 11.3 Å². The molecule has 0 bridgehead atoms. The summed E-state index contributed by atoms with van der Waals surface area (Å²) in [6.45, 7) is 0.786. The second-order valence-electron chi connectivity index (χ2n) is 4.54. The first-order chi connectivity index (χ1) is 9.06. The van der Waals surface area contributed by atoms with Crippen LogP contribution in [0.1, 0.15) is 5.56 Å². The van der Waals surface area contributed by atoms with Gasteiger partial charge in [-0.05, 0) is 51.8 Å². The molecule has 0 heterocycles. The Morgan fingerprint density at radius 2 is 1.79 bits per heavy atom. The largest absolute Gasteiger partial charge is 0.380 e. The Hall–Kier alpha value is -1.19. The molecule has 0 aliphatic rings. The fourth-order valence-corrected chi connectivity index (χ4v) is 2.56. The Morgan fingerprint density at radius 3 is 2.37 bits per heavy atom. The zero-order valence-corrected chi connectivity index (χ0v) is 13.3. The summed E-state index contributed by atoms with van der Waals surface area (Å²) >= 11 is 9.42. The van der Waals surface area contributed by atoms with Gasteiger partial charge < -0.3 is 10.2 Å². The molecule has 4 heteroatoms. The highest BCUT2D eigenvalue weighted by Crippen LogP contribution is 2.26. The Morgan fingerprint density at radius 1 is 1.11 bits per heavy atom. The first-order valence-electron chi connectivity index (χ1n) is 6.01. The van der Waals surface area contributed by atoms with Crippen molar-refractivity contribution in [2.45, 2.75) is 6.54 Å². The van der Waals surface area contributed by atoms with Crippen LogP contribution in [0.15, 0.2) is 46.9 Å². The minimum atomic E-state index is 0.729. The van der Waals surface area contributed by atoms with Crippen LogP contribution in [0, 0.1) is 0 Å². The fourth-order valence-electron chi connectivity index (χ4n) is 1.74. The summed E-state index contributed by atoms with van der Waals surface area (Å²) in [6, 6.07) is 14.2. The van der Waals surface area contributed by atoms with Crippen LogP contribution in [0.2, 0.25) is 5.02 Å². The maximum atomic E-state index is 5.92. The number of nitrogens with one attached hydrogen (secondary N) is 1. The van der Waals surface area contributed by atoms with E-state index in [-0.39, 0.29) is 0 Å². The van der Waals surface area contributed by atoms with Gasteiger partial charge >= 0.3 is 0 Å². The number of rotatable bonds is 4. The molecule has 19 heavy (non-hydrogen) atoms. The van der Waals surface area contributed by atoms with Crippen molar-refractivity contribution in [3.8, 4) is 0 Å². The molecular weight excluding hydrogens is 324 g/mol. The molecule has 2 aromatic rings. The molecule has 100 valence electrons. The third kappa shape index (κ3) is 3.88. The van der Waals surface area contributed by atoms with Gasteiger partial charge in [0.25, 0.3) is 0 Å². The average Bonchev–Trinajstić information content (AvgIpc) is 2.38. The number of nitrogens with zero attached hydrogens (tertiary/aromatic N) is 1. The number of anilines is 2. The smallest absolute Gasteiger partial charge is 0.0488 e. The minimum Gasteiger partial charge on any atom is -0.380 e. The van der Waals surface area contributed by atoms with Gasteiger partial charge in [0.15, 0.2) is 0 Å². The van der Waals surface area contributed by atoms with Crippen LogP contribution in [0.4, 0.5) is 11.4 Å². The second-order valence-corrected chi connectivity index (χ2v) is 5.83. The molecule has 2 rings (SSSR count). The molecule has 2 aromatic carbocycles. The van der Waals surface area contributed by atoms with Crippen LogP contribution < -0.4 is 10.2 Å². The Labute approximate surface area is 127 Å². The number of halogens is 2. The van der Waals surface area contributed by atoms with E-state index in [1.54, 1.807) is 0 Å². The fraction of sp³-hybridized carbons (Fsp3) is 0.200. The minimum absolute atomic E-state index is 0.729. The number of hydrogen-bond donors (Lipinski definition) is 1. The first kappa shape index (κ1) is 14.2. The zero-order valence-electron chi connectivity index (χ0n) is 11.0. The molecule has 0 aliphatic heterocycles. The topological polar surface area (TPSA) is 15.3 Å². The van der Waals surface area contributed by atoms with Crippen molar-refractivity contribution in [3.63, 3.8) is 0 Å². The Bertz CT molecular complexity index is 553. The Kier molecular flexibility index (Phi) is 4.72. The molecular formula is C15H16BrClN2. The van der Waals surface area contributed by atoms with Gasteiger partial charge in [-0.3, -0.25) is 0 Å². The van der Waals surface area contributed by atoms with Crippen molar-refractivity contribution < 1.29 is 0 Å². The monoisotopic (exact) mass is 338 g/mol. The number of hydrogen-bond acceptors (Lipinski definition) is 2. The quantitative estimate of drug-likeness (QED) is 0.862. The molecule has 0 aliphatic carbocycles. The van der Waals surface area contributed by atoms with E-state index >= 15 is 0 Å². The summed E-state index contributed by atoms with van der Waals surface area (Å²) in [5, 5.41) is 4.12.